The van der Waals surface area contributed by atoms with Gasteiger partial charge in [0.25, 0.3) is 5.91 Å². The Bertz CT molecular complexity index is 979. The van der Waals surface area contributed by atoms with Gasteiger partial charge in [0.15, 0.2) is 11.3 Å². The van der Waals surface area contributed by atoms with E-state index < -0.39 is 0 Å². The van der Waals surface area contributed by atoms with Gasteiger partial charge in [-0.2, -0.15) is 5.10 Å². The maximum Gasteiger partial charge on any atom is 0.274 e. The van der Waals surface area contributed by atoms with Crippen LogP contribution in [0.3, 0.4) is 0 Å². The molecule has 7 heteroatoms. The number of carbonyl (C=O) groups excluding carboxylic acids is 1. The molecule has 26 heavy (non-hydrogen) atoms. The van der Waals surface area contributed by atoms with Gasteiger partial charge in [-0.3, -0.25) is 4.79 Å². The molecule has 3 aromatic heterocycles. The summed E-state index contributed by atoms with van der Waals surface area (Å²) in [6, 6.07) is 7.79. The van der Waals surface area contributed by atoms with Crippen LogP contribution < -0.4 is 5.32 Å². The zero-order valence-corrected chi connectivity index (χ0v) is 15.2. The molecule has 1 atom stereocenters. The van der Waals surface area contributed by atoms with Crippen molar-refractivity contribution in [3.63, 3.8) is 0 Å². The lowest BCUT2D eigenvalue weighted by Gasteiger charge is -2.24. The second kappa shape index (κ2) is 6.40. The van der Waals surface area contributed by atoms with Gasteiger partial charge in [-0.25, -0.2) is 14.5 Å². The Labute approximate surface area is 152 Å². The number of likely N-dealkylation sites (tertiary alicyclic amines) is 1. The van der Waals surface area contributed by atoms with Gasteiger partial charge in [-0.1, -0.05) is 0 Å². The fraction of sp³-hybridized carbons (Fsp3) is 0.368. The lowest BCUT2D eigenvalue weighted by atomic mass is 10.1. The first-order valence-electron chi connectivity index (χ1n) is 8.85. The van der Waals surface area contributed by atoms with Crippen LogP contribution in [0.15, 0.2) is 30.5 Å². The molecule has 1 aliphatic rings. The molecule has 0 aliphatic carbocycles. The minimum atomic E-state index is -0.0436. The Hall–Kier alpha value is -2.96. The van der Waals surface area contributed by atoms with Crippen LogP contribution in [0.4, 0.5) is 5.82 Å². The molecule has 0 aromatic carbocycles. The first kappa shape index (κ1) is 16.5. The van der Waals surface area contributed by atoms with E-state index in [1.54, 1.807) is 16.8 Å². The van der Waals surface area contributed by atoms with Crippen molar-refractivity contribution in [2.45, 2.75) is 32.7 Å². The monoisotopic (exact) mass is 350 g/mol. The molecule has 3 aromatic rings. The lowest BCUT2D eigenvalue weighted by molar-refractivity contribution is 0.0729. The SMILES string of the molecule is CNc1cc([C@H]2CCCN2C(=O)c2cc3nc(C)cc(C)n3n2)ccn1. The highest BCUT2D eigenvalue weighted by Gasteiger charge is 2.32. The normalized spacial score (nSPS) is 17.0. The zero-order valence-electron chi connectivity index (χ0n) is 15.2. The summed E-state index contributed by atoms with van der Waals surface area (Å²) in [6.45, 7) is 4.65. The third kappa shape index (κ3) is 2.79. The number of pyridine rings is 1. The lowest BCUT2D eigenvalue weighted by Crippen LogP contribution is -2.31. The molecule has 1 amide bonds. The predicted octanol–water partition coefficient (Wildman–Crippen LogP) is 2.76. The Morgan fingerprint density at radius 3 is 2.92 bits per heavy atom. The second-order valence-electron chi connectivity index (χ2n) is 6.72. The van der Waals surface area contributed by atoms with Crippen molar-refractivity contribution in [3.8, 4) is 0 Å². The van der Waals surface area contributed by atoms with Crippen LogP contribution in [-0.2, 0) is 0 Å². The smallest absolute Gasteiger partial charge is 0.274 e. The van der Waals surface area contributed by atoms with E-state index in [4.69, 9.17) is 0 Å². The van der Waals surface area contributed by atoms with Crippen LogP contribution in [0.5, 0.6) is 0 Å². The van der Waals surface area contributed by atoms with E-state index in [0.29, 0.717) is 11.3 Å². The van der Waals surface area contributed by atoms with Crippen molar-refractivity contribution in [3.05, 3.63) is 53.1 Å². The van der Waals surface area contributed by atoms with E-state index in [-0.39, 0.29) is 11.9 Å². The summed E-state index contributed by atoms with van der Waals surface area (Å²) in [4.78, 5) is 23.8. The van der Waals surface area contributed by atoms with E-state index in [2.05, 4.69) is 20.4 Å². The number of nitrogens with zero attached hydrogens (tertiary/aromatic N) is 5. The summed E-state index contributed by atoms with van der Waals surface area (Å²) in [6.07, 6.45) is 3.71. The van der Waals surface area contributed by atoms with Crippen molar-refractivity contribution in [2.24, 2.45) is 0 Å². The van der Waals surface area contributed by atoms with E-state index in [9.17, 15) is 4.79 Å². The first-order chi connectivity index (χ1) is 12.6. The average molecular weight is 350 g/mol. The van der Waals surface area contributed by atoms with Gasteiger partial charge in [0.1, 0.15) is 5.82 Å². The Morgan fingerprint density at radius 1 is 1.27 bits per heavy atom. The zero-order chi connectivity index (χ0) is 18.3. The summed E-state index contributed by atoms with van der Waals surface area (Å²) < 4.78 is 1.73. The number of aryl methyl sites for hydroxylation is 2. The van der Waals surface area contributed by atoms with Crippen LogP contribution in [0.1, 0.15) is 46.3 Å². The largest absolute Gasteiger partial charge is 0.373 e. The minimum absolute atomic E-state index is 0.0436. The Balaban J connectivity index is 1.67. The van der Waals surface area contributed by atoms with Crippen LogP contribution >= 0.6 is 0 Å². The minimum Gasteiger partial charge on any atom is -0.373 e. The summed E-state index contributed by atoms with van der Waals surface area (Å²) in [7, 11) is 1.84. The van der Waals surface area contributed by atoms with Gasteiger partial charge in [-0.15, -0.1) is 0 Å². The molecule has 4 heterocycles. The van der Waals surface area contributed by atoms with Gasteiger partial charge < -0.3 is 10.2 Å². The summed E-state index contributed by atoms with van der Waals surface area (Å²) in [5.41, 5.74) is 4.15. The van der Waals surface area contributed by atoms with Crippen LogP contribution in [0.25, 0.3) is 5.65 Å². The number of fused-ring (bicyclic) bond motifs is 1. The fourth-order valence-corrected chi connectivity index (χ4v) is 3.69. The topological polar surface area (TPSA) is 75.4 Å². The average Bonchev–Trinajstić information content (AvgIpc) is 3.28. The summed E-state index contributed by atoms with van der Waals surface area (Å²) >= 11 is 0. The van der Waals surface area contributed by atoms with Gasteiger partial charge in [-0.05, 0) is 50.5 Å². The number of rotatable bonds is 3. The summed E-state index contributed by atoms with van der Waals surface area (Å²) in [5.74, 6) is 0.766. The number of aromatic nitrogens is 4. The van der Waals surface area contributed by atoms with Gasteiger partial charge in [0.2, 0.25) is 0 Å². The number of carbonyl (C=O) groups is 1. The highest BCUT2D eigenvalue weighted by atomic mass is 16.2. The fourth-order valence-electron chi connectivity index (χ4n) is 3.69. The van der Waals surface area contributed by atoms with Crippen molar-refractivity contribution in [1.29, 1.82) is 0 Å². The molecular weight excluding hydrogens is 328 g/mol. The molecular formula is C19H22N6O. The van der Waals surface area contributed by atoms with Gasteiger partial charge in [0, 0.05) is 37.2 Å². The van der Waals surface area contributed by atoms with Crippen LogP contribution in [0.2, 0.25) is 0 Å². The molecule has 1 N–H and O–H groups in total. The quantitative estimate of drug-likeness (QED) is 0.786. The van der Waals surface area contributed by atoms with Crippen molar-refractivity contribution in [2.75, 3.05) is 18.9 Å². The highest BCUT2D eigenvalue weighted by Crippen LogP contribution is 2.33. The Kier molecular flexibility index (Phi) is 4.06. The molecule has 134 valence electrons. The number of nitrogens with one attached hydrogen (secondary N) is 1. The molecule has 0 bridgehead atoms. The van der Waals surface area contributed by atoms with Crippen LogP contribution in [0, 0.1) is 13.8 Å². The van der Waals surface area contributed by atoms with E-state index in [1.807, 2.05) is 44.0 Å². The third-order valence-corrected chi connectivity index (χ3v) is 4.89. The van der Waals surface area contributed by atoms with E-state index in [0.717, 1.165) is 42.2 Å². The molecule has 0 saturated carbocycles. The number of hydrogen-bond acceptors (Lipinski definition) is 5. The summed E-state index contributed by atoms with van der Waals surface area (Å²) in [5, 5.41) is 7.56. The third-order valence-electron chi connectivity index (χ3n) is 4.89. The van der Waals surface area contributed by atoms with Crippen molar-refractivity contribution >= 4 is 17.4 Å². The molecule has 0 radical (unpaired) electrons. The second-order valence-corrected chi connectivity index (χ2v) is 6.72. The molecule has 1 aliphatic heterocycles. The molecule has 1 fully saturated rings. The molecule has 4 rings (SSSR count). The van der Waals surface area contributed by atoms with Crippen LogP contribution in [-0.4, -0.2) is 44.0 Å². The molecule has 7 nitrogen and oxygen atoms in total. The van der Waals surface area contributed by atoms with Gasteiger partial charge in [0.05, 0.1) is 6.04 Å². The van der Waals surface area contributed by atoms with E-state index in [1.165, 1.54) is 0 Å². The highest BCUT2D eigenvalue weighted by molar-refractivity contribution is 5.93. The number of anilines is 1. The first-order valence-corrected chi connectivity index (χ1v) is 8.85. The number of amides is 1. The Morgan fingerprint density at radius 2 is 2.12 bits per heavy atom. The molecule has 0 unspecified atom stereocenters. The molecule has 1 saturated heterocycles. The standard InChI is InChI=1S/C19H22N6O/c1-12-9-13(2)25-18(22-12)11-15(23-25)19(26)24-8-4-5-16(24)14-6-7-21-17(10-14)20-3/h6-7,9-11,16H,4-5,8H2,1-3H3,(H,20,21)/t16-/m1/s1. The van der Waals surface area contributed by atoms with Crippen molar-refractivity contribution < 1.29 is 4.79 Å². The predicted molar refractivity (Wildman–Crippen MR) is 99.3 cm³/mol. The molecule has 0 spiro atoms. The van der Waals surface area contributed by atoms with E-state index >= 15 is 0 Å². The van der Waals surface area contributed by atoms with Gasteiger partial charge >= 0.3 is 0 Å². The maximum absolute atomic E-state index is 13.1. The number of hydrogen-bond donors (Lipinski definition) is 1. The van der Waals surface area contributed by atoms with Crippen molar-refractivity contribution in [1.82, 2.24) is 24.5 Å². The maximum atomic E-state index is 13.1.